The van der Waals surface area contributed by atoms with Crippen LogP contribution in [0.5, 0.6) is 0 Å². The van der Waals surface area contributed by atoms with E-state index in [2.05, 4.69) is 9.89 Å². The fourth-order valence-electron chi connectivity index (χ4n) is 2.01. The third kappa shape index (κ3) is 2.26. The average molecular weight is 299 g/mol. The Balaban J connectivity index is 0.00000133. The van der Waals surface area contributed by atoms with Crippen LogP contribution in [-0.4, -0.2) is 28.1 Å². The Kier molecular flexibility index (Phi) is 3.68. The van der Waals surface area contributed by atoms with Crippen molar-refractivity contribution in [3.8, 4) is 0 Å². The molecule has 0 aliphatic carbocycles. The van der Waals surface area contributed by atoms with Gasteiger partial charge in [0.1, 0.15) is 5.69 Å². The molecule has 0 saturated heterocycles. The molecule has 0 aromatic heterocycles. The van der Waals surface area contributed by atoms with Crippen molar-refractivity contribution in [1.82, 2.24) is 4.90 Å². The maximum atomic E-state index is 10.9. The molecular formula is C11H11ClN4O2S. The van der Waals surface area contributed by atoms with Gasteiger partial charge in [-0.05, 0) is 6.07 Å². The van der Waals surface area contributed by atoms with Gasteiger partial charge in [-0.2, -0.15) is 0 Å². The fraction of sp³-hybridized carbons (Fsp3) is 0.182. The molecular weight excluding hydrogens is 288 g/mol. The van der Waals surface area contributed by atoms with Gasteiger partial charge in [-0.25, -0.2) is 0 Å². The average Bonchev–Trinajstić information content (AvgIpc) is 2.91. The molecule has 2 N–H and O–H groups in total. The molecule has 1 aromatic rings. The fourth-order valence-corrected chi connectivity index (χ4v) is 2.97. The van der Waals surface area contributed by atoms with Crippen LogP contribution in [0.2, 0.25) is 0 Å². The smallest absolute Gasteiger partial charge is 0.292 e. The van der Waals surface area contributed by atoms with Crippen molar-refractivity contribution in [1.29, 1.82) is 0 Å². The first-order chi connectivity index (χ1) is 8.66. The third-order valence-electron chi connectivity index (χ3n) is 2.89. The molecule has 0 unspecified atom stereocenters. The molecule has 8 heteroatoms. The second-order valence-corrected chi connectivity index (χ2v) is 4.80. The van der Waals surface area contributed by atoms with Crippen LogP contribution in [-0.2, 0) is 0 Å². The largest absolute Gasteiger partial charge is 0.393 e. The highest BCUT2D eigenvalue weighted by molar-refractivity contribution is 8.16. The molecule has 0 fully saturated rings. The summed E-state index contributed by atoms with van der Waals surface area (Å²) in [6.45, 7) is 1.60. The molecule has 0 bridgehead atoms. The summed E-state index contributed by atoms with van der Waals surface area (Å²) in [5.74, 6) is 0. The molecule has 2 heterocycles. The number of rotatable bonds is 2. The SMILES string of the molecule is Cl.Nc1ccc(C2=CSC3=NCCN23)cc1[N+](=O)[O-]. The van der Waals surface area contributed by atoms with Crippen molar-refractivity contribution in [2.24, 2.45) is 4.99 Å². The monoisotopic (exact) mass is 298 g/mol. The molecule has 2 aliphatic rings. The molecule has 0 spiro atoms. The van der Waals surface area contributed by atoms with Crippen LogP contribution in [0.3, 0.4) is 0 Å². The van der Waals surface area contributed by atoms with E-state index in [1.807, 2.05) is 5.41 Å². The molecule has 2 aliphatic heterocycles. The number of hydrogen-bond donors (Lipinski definition) is 1. The summed E-state index contributed by atoms with van der Waals surface area (Å²) in [4.78, 5) is 16.8. The molecule has 0 amide bonds. The van der Waals surface area contributed by atoms with Gasteiger partial charge in [0.2, 0.25) is 0 Å². The number of nitrogens with two attached hydrogens (primary N) is 1. The Bertz CT molecular complexity index is 602. The van der Waals surface area contributed by atoms with Crippen molar-refractivity contribution in [2.75, 3.05) is 18.8 Å². The zero-order valence-corrected chi connectivity index (χ0v) is 11.4. The zero-order chi connectivity index (χ0) is 12.7. The zero-order valence-electron chi connectivity index (χ0n) is 9.78. The minimum absolute atomic E-state index is 0. The number of halogens is 1. The Labute approximate surface area is 119 Å². The van der Waals surface area contributed by atoms with E-state index in [0.717, 1.165) is 29.5 Å². The van der Waals surface area contributed by atoms with Gasteiger partial charge >= 0.3 is 0 Å². The van der Waals surface area contributed by atoms with E-state index in [4.69, 9.17) is 5.73 Å². The number of hydrogen-bond acceptors (Lipinski definition) is 6. The van der Waals surface area contributed by atoms with Crippen LogP contribution >= 0.6 is 24.2 Å². The highest BCUT2D eigenvalue weighted by atomic mass is 35.5. The molecule has 3 rings (SSSR count). The van der Waals surface area contributed by atoms with E-state index < -0.39 is 4.92 Å². The first kappa shape index (κ1) is 13.7. The number of amidine groups is 1. The van der Waals surface area contributed by atoms with Gasteiger partial charge in [0.15, 0.2) is 5.17 Å². The lowest BCUT2D eigenvalue weighted by molar-refractivity contribution is -0.383. The van der Waals surface area contributed by atoms with E-state index in [0.29, 0.717) is 0 Å². The van der Waals surface area contributed by atoms with Crippen molar-refractivity contribution in [3.05, 3.63) is 39.3 Å². The van der Waals surface area contributed by atoms with Crippen LogP contribution in [0.15, 0.2) is 28.6 Å². The number of nitro benzene ring substituents is 1. The number of anilines is 1. The predicted octanol–water partition coefficient (Wildman–Crippen LogP) is 2.32. The molecule has 0 radical (unpaired) electrons. The van der Waals surface area contributed by atoms with Crippen molar-refractivity contribution < 1.29 is 4.92 Å². The van der Waals surface area contributed by atoms with E-state index in [9.17, 15) is 10.1 Å². The molecule has 6 nitrogen and oxygen atoms in total. The highest BCUT2D eigenvalue weighted by Gasteiger charge is 2.28. The lowest BCUT2D eigenvalue weighted by Gasteiger charge is -2.16. The Hall–Kier alpha value is -1.73. The number of nitrogen functional groups attached to an aromatic ring is 1. The predicted molar refractivity (Wildman–Crippen MR) is 79.3 cm³/mol. The summed E-state index contributed by atoms with van der Waals surface area (Å²) < 4.78 is 0. The van der Waals surface area contributed by atoms with Crippen molar-refractivity contribution in [3.63, 3.8) is 0 Å². The van der Waals surface area contributed by atoms with Gasteiger partial charge in [0, 0.05) is 23.6 Å². The van der Waals surface area contributed by atoms with Gasteiger partial charge in [-0.1, -0.05) is 17.8 Å². The molecule has 100 valence electrons. The van der Waals surface area contributed by atoms with Crippen molar-refractivity contribution in [2.45, 2.75) is 0 Å². The van der Waals surface area contributed by atoms with Crippen LogP contribution in [0.25, 0.3) is 5.70 Å². The molecule has 0 saturated carbocycles. The summed E-state index contributed by atoms with van der Waals surface area (Å²) >= 11 is 1.55. The van der Waals surface area contributed by atoms with Gasteiger partial charge in [0.25, 0.3) is 5.69 Å². The highest BCUT2D eigenvalue weighted by Crippen LogP contribution is 2.37. The molecule has 19 heavy (non-hydrogen) atoms. The van der Waals surface area contributed by atoms with Gasteiger partial charge in [-0.15, -0.1) is 12.4 Å². The summed E-state index contributed by atoms with van der Waals surface area (Å²) in [5, 5.41) is 13.8. The van der Waals surface area contributed by atoms with Gasteiger partial charge < -0.3 is 10.6 Å². The number of nitro groups is 1. The standard InChI is InChI=1S/C11H10N4O2S.ClH/c12-8-2-1-7(5-9(8)15(16)17)10-6-18-11-13-3-4-14(10)11;/h1-2,5-6H,3-4,12H2;1H. The lowest BCUT2D eigenvalue weighted by Crippen LogP contribution is -2.19. The van der Waals surface area contributed by atoms with Gasteiger partial charge in [0.05, 0.1) is 17.2 Å². The lowest BCUT2D eigenvalue weighted by atomic mass is 10.1. The Morgan fingerprint density at radius 3 is 3.00 bits per heavy atom. The first-order valence-corrected chi connectivity index (χ1v) is 6.28. The number of benzene rings is 1. The van der Waals surface area contributed by atoms with E-state index in [1.54, 1.807) is 23.9 Å². The number of nitrogens with zero attached hydrogens (tertiary/aromatic N) is 3. The van der Waals surface area contributed by atoms with Crippen LogP contribution < -0.4 is 5.73 Å². The van der Waals surface area contributed by atoms with Crippen molar-refractivity contribution >= 4 is 46.4 Å². The number of aliphatic imine (C=N–C) groups is 1. The van der Waals surface area contributed by atoms with E-state index >= 15 is 0 Å². The number of thioether (sulfide) groups is 1. The van der Waals surface area contributed by atoms with Gasteiger partial charge in [-0.3, -0.25) is 15.1 Å². The minimum Gasteiger partial charge on any atom is -0.393 e. The number of fused-ring (bicyclic) bond motifs is 1. The minimum atomic E-state index is -0.458. The quantitative estimate of drug-likeness (QED) is 0.514. The Morgan fingerprint density at radius 1 is 1.47 bits per heavy atom. The third-order valence-corrected chi connectivity index (χ3v) is 3.79. The molecule has 0 atom stereocenters. The summed E-state index contributed by atoms with van der Waals surface area (Å²) in [6, 6.07) is 4.89. The van der Waals surface area contributed by atoms with Crippen LogP contribution in [0.4, 0.5) is 11.4 Å². The first-order valence-electron chi connectivity index (χ1n) is 5.40. The maximum Gasteiger partial charge on any atom is 0.292 e. The Morgan fingerprint density at radius 2 is 2.26 bits per heavy atom. The van der Waals surface area contributed by atoms with Crippen LogP contribution in [0.1, 0.15) is 5.56 Å². The summed E-state index contributed by atoms with van der Waals surface area (Å²) in [7, 11) is 0. The molecule has 1 aromatic carbocycles. The normalized spacial score (nSPS) is 16.5. The summed E-state index contributed by atoms with van der Waals surface area (Å²) in [6.07, 6.45) is 0. The second-order valence-electron chi connectivity index (χ2n) is 3.97. The topological polar surface area (TPSA) is 84.8 Å². The van der Waals surface area contributed by atoms with E-state index in [1.165, 1.54) is 6.07 Å². The van der Waals surface area contributed by atoms with Crippen LogP contribution in [0, 0.1) is 10.1 Å². The second kappa shape index (κ2) is 5.10. The van der Waals surface area contributed by atoms with E-state index in [-0.39, 0.29) is 23.8 Å². The summed E-state index contributed by atoms with van der Waals surface area (Å²) in [5.41, 5.74) is 7.48. The maximum absolute atomic E-state index is 10.9.